The first-order valence-corrected chi connectivity index (χ1v) is 10.4. The molecule has 6 heteroatoms. The summed E-state index contributed by atoms with van der Waals surface area (Å²) >= 11 is 3.25. The Bertz CT molecular complexity index is 1180. The van der Waals surface area contributed by atoms with E-state index in [4.69, 9.17) is 4.74 Å². The van der Waals surface area contributed by atoms with Gasteiger partial charge in [0.2, 0.25) is 0 Å². The number of rotatable bonds is 4. The van der Waals surface area contributed by atoms with Gasteiger partial charge in [-0.3, -0.25) is 0 Å². The third kappa shape index (κ3) is 4.47. The summed E-state index contributed by atoms with van der Waals surface area (Å²) in [5.41, 5.74) is 5.11. The van der Waals surface area contributed by atoms with E-state index in [1.54, 1.807) is 12.1 Å². The Morgan fingerprint density at radius 1 is 1.00 bits per heavy atom. The van der Waals surface area contributed by atoms with Crippen LogP contribution in [0, 0.1) is 11.8 Å². The molecule has 5 nitrogen and oxygen atoms in total. The van der Waals surface area contributed by atoms with Gasteiger partial charge in [0.25, 0.3) is 0 Å². The fourth-order valence-electron chi connectivity index (χ4n) is 3.71. The number of amides is 1. The monoisotopic (exact) mass is 475 g/mol. The van der Waals surface area contributed by atoms with E-state index in [9.17, 15) is 14.7 Å². The molecule has 0 aromatic heterocycles. The fourth-order valence-corrected chi connectivity index (χ4v) is 4.07. The highest BCUT2D eigenvalue weighted by Crippen LogP contribution is 2.44. The lowest BCUT2D eigenvalue weighted by atomic mass is 9.98. The van der Waals surface area contributed by atoms with Crippen molar-refractivity contribution in [2.24, 2.45) is 0 Å². The zero-order chi connectivity index (χ0) is 21.8. The molecule has 2 N–H and O–H groups in total. The standard InChI is InChI=1S/C25H18BrNO4/c26-17-12-11-16(22(14-17)24(28)29)6-5-13-27-25(30)31-15-23-20-9-3-1-7-18(20)19-8-2-4-10-21(19)23/h1-4,7-12,14,23H,13,15H2,(H,27,30)(H,28,29). The van der Waals surface area contributed by atoms with Crippen LogP contribution in [0.4, 0.5) is 4.79 Å². The number of hydrogen-bond acceptors (Lipinski definition) is 3. The second kappa shape index (κ2) is 9.07. The van der Waals surface area contributed by atoms with Crippen LogP contribution in [0.25, 0.3) is 11.1 Å². The number of carbonyl (C=O) groups is 2. The smallest absolute Gasteiger partial charge is 0.407 e. The van der Waals surface area contributed by atoms with E-state index in [0.717, 1.165) is 11.1 Å². The number of carbonyl (C=O) groups excluding carboxylic acids is 1. The van der Waals surface area contributed by atoms with Gasteiger partial charge in [-0.05, 0) is 40.5 Å². The average Bonchev–Trinajstić information content (AvgIpc) is 3.10. The molecular weight excluding hydrogens is 458 g/mol. The molecule has 0 bridgehead atoms. The lowest BCUT2D eigenvalue weighted by Crippen LogP contribution is -2.26. The van der Waals surface area contributed by atoms with Crippen molar-refractivity contribution in [1.82, 2.24) is 5.32 Å². The molecule has 1 aliphatic rings. The van der Waals surface area contributed by atoms with Crippen molar-refractivity contribution in [3.63, 3.8) is 0 Å². The van der Waals surface area contributed by atoms with E-state index < -0.39 is 12.1 Å². The molecule has 0 saturated heterocycles. The first kappa shape index (κ1) is 20.7. The van der Waals surface area contributed by atoms with Gasteiger partial charge in [-0.25, -0.2) is 9.59 Å². The average molecular weight is 476 g/mol. The van der Waals surface area contributed by atoms with Gasteiger partial charge in [-0.1, -0.05) is 76.3 Å². The molecule has 31 heavy (non-hydrogen) atoms. The lowest BCUT2D eigenvalue weighted by molar-refractivity contribution is 0.0696. The number of carboxylic acid groups (broad SMARTS) is 1. The van der Waals surface area contributed by atoms with Crippen molar-refractivity contribution in [1.29, 1.82) is 0 Å². The van der Waals surface area contributed by atoms with Crippen LogP contribution in [0.5, 0.6) is 0 Å². The second-order valence-corrected chi connectivity index (χ2v) is 7.89. The number of halogens is 1. The highest BCUT2D eigenvalue weighted by Gasteiger charge is 2.28. The third-order valence-electron chi connectivity index (χ3n) is 5.10. The van der Waals surface area contributed by atoms with Crippen LogP contribution in [0.1, 0.15) is 33.0 Å². The van der Waals surface area contributed by atoms with E-state index >= 15 is 0 Å². The number of hydrogen-bond donors (Lipinski definition) is 2. The normalized spacial score (nSPS) is 11.6. The number of ether oxygens (including phenoxy) is 1. The Labute approximate surface area is 188 Å². The highest BCUT2D eigenvalue weighted by atomic mass is 79.9. The fraction of sp³-hybridized carbons (Fsp3) is 0.120. The van der Waals surface area contributed by atoms with Gasteiger partial charge in [-0.15, -0.1) is 0 Å². The van der Waals surface area contributed by atoms with E-state index in [-0.39, 0.29) is 24.6 Å². The zero-order valence-corrected chi connectivity index (χ0v) is 18.0. The maximum atomic E-state index is 12.2. The number of benzene rings is 3. The SMILES string of the molecule is O=C(NCC#Cc1ccc(Br)cc1C(=O)O)OCC1c2ccccc2-c2ccccc21. The summed E-state index contributed by atoms with van der Waals surface area (Å²) in [6.45, 7) is 0.273. The van der Waals surface area contributed by atoms with Gasteiger partial charge in [0.05, 0.1) is 12.1 Å². The molecule has 0 saturated carbocycles. The first-order valence-electron chi connectivity index (χ1n) is 9.65. The molecule has 0 spiro atoms. The number of alkyl carbamates (subject to hydrolysis) is 1. The summed E-state index contributed by atoms with van der Waals surface area (Å²) in [6.07, 6.45) is -0.564. The van der Waals surface area contributed by atoms with Crippen molar-refractivity contribution < 1.29 is 19.4 Å². The van der Waals surface area contributed by atoms with Crippen LogP contribution in [0.3, 0.4) is 0 Å². The minimum atomic E-state index is -1.06. The Balaban J connectivity index is 1.37. The summed E-state index contributed by atoms with van der Waals surface area (Å²) in [7, 11) is 0. The van der Waals surface area contributed by atoms with Crippen LogP contribution < -0.4 is 5.32 Å². The lowest BCUT2D eigenvalue weighted by Gasteiger charge is -2.14. The minimum Gasteiger partial charge on any atom is -0.478 e. The molecule has 0 radical (unpaired) electrons. The Hall–Kier alpha value is -3.56. The van der Waals surface area contributed by atoms with Crippen molar-refractivity contribution >= 4 is 28.0 Å². The molecule has 3 aromatic carbocycles. The van der Waals surface area contributed by atoms with Gasteiger partial charge in [-0.2, -0.15) is 0 Å². The molecule has 0 atom stereocenters. The molecule has 3 aromatic rings. The molecule has 154 valence electrons. The molecule has 1 amide bonds. The molecule has 0 unspecified atom stereocenters. The molecule has 0 fully saturated rings. The van der Waals surface area contributed by atoms with Gasteiger partial charge >= 0.3 is 12.1 Å². The quantitative estimate of drug-likeness (QED) is 0.518. The maximum Gasteiger partial charge on any atom is 0.407 e. The minimum absolute atomic E-state index is 0.00914. The number of aromatic carboxylic acids is 1. The van der Waals surface area contributed by atoms with Gasteiger partial charge < -0.3 is 15.2 Å². The van der Waals surface area contributed by atoms with Gasteiger partial charge in [0.15, 0.2) is 0 Å². The number of fused-ring (bicyclic) bond motifs is 3. The summed E-state index contributed by atoms with van der Waals surface area (Å²) < 4.78 is 6.11. The Morgan fingerprint density at radius 3 is 2.29 bits per heavy atom. The van der Waals surface area contributed by atoms with Gasteiger partial charge in [0, 0.05) is 16.0 Å². The number of carboxylic acids is 1. The van der Waals surface area contributed by atoms with E-state index in [2.05, 4.69) is 57.4 Å². The summed E-state index contributed by atoms with van der Waals surface area (Å²) in [5, 5.41) is 11.9. The van der Waals surface area contributed by atoms with E-state index in [0.29, 0.717) is 10.0 Å². The molecule has 0 heterocycles. The molecule has 0 aliphatic heterocycles. The van der Waals surface area contributed by atoms with Crippen LogP contribution >= 0.6 is 15.9 Å². The van der Waals surface area contributed by atoms with Crippen LogP contribution in [0.15, 0.2) is 71.2 Å². The Morgan fingerprint density at radius 2 is 1.65 bits per heavy atom. The first-order chi connectivity index (χ1) is 15.0. The van der Waals surface area contributed by atoms with Crippen molar-refractivity contribution in [3.05, 3.63) is 93.5 Å². The topological polar surface area (TPSA) is 75.6 Å². The third-order valence-corrected chi connectivity index (χ3v) is 5.59. The van der Waals surface area contributed by atoms with Crippen LogP contribution in [-0.4, -0.2) is 30.3 Å². The zero-order valence-electron chi connectivity index (χ0n) is 16.4. The predicted molar refractivity (Wildman–Crippen MR) is 121 cm³/mol. The predicted octanol–water partition coefficient (Wildman–Crippen LogP) is 5.04. The maximum absolute atomic E-state index is 12.2. The molecule has 1 aliphatic carbocycles. The van der Waals surface area contributed by atoms with Crippen LogP contribution in [0.2, 0.25) is 0 Å². The number of nitrogens with one attached hydrogen (secondary N) is 1. The second-order valence-electron chi connectivity index (χ2n) is 6.98. The Kier molecular flexibility index (Phi) is 6.06. The largest absolute Gasteiger partial charge is 0.478 e. The molecular formula is C25H18BrNO4. The van der Waals surface area contributed by atoms with E-state index in [1.807, 2.05) is 24.3 Å². The highest BCUT2D eigenvalue weighted by molar-refractivity contribution is 9.10. The summed E-state index contributed by atoms with van der Waals surface area (Å²) in [6, 6.07) is 21.1. The molecule has 4 rings (SSSR count). The van der Waals surface area contributed by atoms with Crippen molar-refractivity contribution in [3.8, 4) is 23.0 Å². The van der Waals surface area contributed by atoms with E-state index in [1.165, 1.54) is 17.2 Å². The van der Waals surface area contributed by atoms with Crippen molar-refractivity contribution in [2.45, 2.75) is 5.92 Å². The van der Waals surface area contributed by atoms with Gasteiger partial charge in [0.1, 0.15) is 6.61 Å². The summed E-state index contributed by atoms with van der Waals surface area (Å²) in [4.78, 5) is 23.5. The van der Waals surface area contributed by atoms with Crippen LogP contribution in [-0.2, 0) is 4.74 Å². The summed E-state index contributed by atoms with van der Waals surface area (Å²) in [5.74, 6) is 4.48. The van der Waals surface area contributed by atoms with Crippen molar-refractivity contribution in [2.75, 3.05) is 13.2 Å².